The highest BCUT2D eigenvalue weighted by Crippen LogP contribution is 2.09. The highest BCUT2D eigenvalue weighted by molar-refractivity contribution is 8.93. The third-order valence-corrected chi connectivity index (χ3v) is 2.04. The van der Waals surface area contributed by atoms with E-state index in [2.05, 4.69) is 42.6 Å². The summed E-state index contributed by atoms with van der Waals surface area (Å²) in [5, 5.41) is 0. The molecule has 1 aliphatic rings. The van der Waals surface area contributed by atoms with E-state index in [0.29, 0.717) is 0 Å². The first-order valence-corrected chi connectivity index (χ1v) is 4.53. The summed E-state index contributed by atoms with van der Waals surface area (Å²) < 4.78 is 0. The van der Waals surface area contributed by atoms with Gasteiger partial charge in [-0.25, -0.2) is 0 Å². The lowest BCUT2D eigenvalue weighted by molar-refractivity contribution is 0.298. The Morgan fingerprint density at radius 2 is 2.15 bits per heavy atom. The minimum Gasteiger partial charge on any atom is -0.358 e. The van der Waals surface area contributed by atoms with Crippen LogP contribution in [0, 0.1) is 5.92 Å². The topological polar surface area (TPSA) is 6.48 Å². The van der Waals surface area contributed by atoms with E-state index in [1.54, 1.807) is 0 Å². The van der Waals surface area contributed by atoms with Gasteiger partial charge in [-0.3, -0.25) is 0 Å². The molecule has 0 N–H and O–H groups in total. The molecule has 2 nitrogen and oxygen atoms in total. The van der Waals surface area contributed by atoms with Gasteiger partial charge in [-0.1, -0.05) is 20.4 Å². The molecule has 0 aromatic carbocycles. The molecule has 0 aliphatic carbocycles. The van der Waals surface area contributed by atoms with E-state index < -0.39 is 0 Å². The Labute approximate surface area is 91.7 Å². The van der Waals surface area contributed by atoms with Crippen LogP contribution in [0.2, 0.25) is 0 Å². The first-order valence-electron chi connectivity index (χ1n) is 4.53. The molecular formula is C10H19BrN2. The van der Waals surface area contributed by atoms with Gasteiger partial charge in [0.2, 0.25) is 0 Å². The maximum atomic E-state index is 3.72. The summed E-state index contributed by atoms with van der Waals surface area (Å²) in [5.41, 5.74) is 0. The summed E-state index contributed by atoms with van der Waals surface area (Å²) in [6.45, 7) is 10.4. The van der Waals surface area contributed by atoms with Crippen molar-refractivity contribution in [3.63, 3.8) is 0 Å². The van der Waals surface area contributed by atoms with E-state index in [1.807, 2.05) is 6.20 Å². The predicted molar refractivity (Wildman–Crippen MR) is 62.5 cm³/mol. The minimum absolute atomic E-state index is 0. The van der Waals surface area contributed by atoms with E-state index in [9.17, 15) is 0 Å². The number of hydrogen-bond acceptors (Lipinski definition) is 2. The zero-order chi connectivity index (χ0) is 8.97. The summed E-state index contributed by atoms with van der Waals surface area (Å²) in [4.78, 5) is 4.39. The Kier molecular flexibility index (Phi) is 5.88. The van der Waals surface area contributed by atoms with Crippen LogP contribution in [-0.4, -0.2) is 23.0 Å². The second-order valence-corrected chi connectivity index (χ2v) is 3.63. The van der Waals surface area contributed by atoms with E-state index >= 15 is 0 Å². The van der Waals surface area contributed by atoms with Crippen molar-refractivity contribution in [2.24, 2.45) is 5.92 Å². The van der Waals surface area contributed by atoms with Crippen molar-refractivity contribution < 1.29 is 0 Å². The van der Waals surface area contributed by atoms with E-state index in [-0.39, 0.29) is 17.0 Å². The van der Waals surface area contributed by atoms with Crippen molar-refractivity contribution in [1.82, 2.24) is 9.80 Å². The Balaban J connectivity index is 0.00000144. The number of hydrogen-bond donors (Lipinski definition) is 0. The third-order valence-electron chi connectivity index (χ3n) is 2.04. The molecular weight excluding hydrogens is 228 g/mol. The summed E-state index contributed by atoms with van der Waals surface area (Å²) in [6.07, 6.45) is 7.30. The van der Waals surface area contributed by atoms with Crippen molar-refractivity contribution in [1.29, 1.82) is 0 Å². The fraction of sp³-hybridized carbons (Fsp3) is 0.600. The van der Waals surface area contributed by atoms with Gasteiger partial charge >= 0.3 is 0 Å². The van der Waals surface area contributed by atoms with Gasteiger partial charge in [-0.15, -0.1) is 17.0 Å². The zero-order valence-corrected chi connectivity index (χ0v) is 10.2. The lowest BCUT2D eigenvalue weighted by Crippen LogP contribution is -2.23. The predicted octanol–water partition coefficient (Wildman–Crippen LogP) is 2.80. The molecule has 13 heavy (non-hydrogen) atoms. The molecule has 0 fully saturated rings. The number of rotatable bonds is 4. The van der Waals surface area contributed by atoms with Crippen LogP contribution in [0.15, 0.2) is 25.2 Å². The summed E-state index contributed by atoms with van der Waals surface area (Å²) in [7, 11) is 0. The number of halogens is 1. The lowest BCUT2D eigenvalue weighted by atomic mass is 10.1. The number of nitrogens with zero attached hydrogens (tertiary/aromatic N) is 2. The van der Waals surface area contributed by atoms with Crippen LogP contribution in [0.1, 0.15) is 20.3 Å². The minimum atomic E-state index is 0. The first kappa shape index (κ1) is 12.6. The molecule has 0 aromatic heterocycles. The summed E-state index contributed by atoms with van der Waals surface area (Å²) in [5.74, 6) is 0.788. The molecule has 76 valence electrons. The molecule has 0 aromatic rings. The van der Waals surface area contributed by atoms with Crippen LogP contribution >= 0.6 is 17.0 Å². The molecule has 0 unspecified atom stereocenters. The second-order valence-electron chi connectivity index (χ2n) is 3.63. The normalized spacial score (nSPS) is 15.0. The molecule has 0 spiro atoms. The largest absolute Gasteiger partial charge is 0.358 e. The maximum Gasteiger partial charge on any atom is 0.0935 e. The van der Waals surface area contributed by atoms with Crippen LogP contribution in [0.3, 0.4) is 0 Å². The Hall–Kier alpha value is -0.440. The summed E-state index contributed by atoms with van der Waals surface area (Å²) in [6, 6.07) is 0. The molecule has 3 heteroatoms. The quantitative estimate of drug-likeness (QED) is 0.753. The molecule has 0 bridgehead atoms. The van der Waals surface area contributed by atoms with Gasteiger partial charge < -0.3 is 9.80 Å². The average molecular weight is 247 g/mol. The molecule has 0 saturated carbocycles. The molecule has 0 atom stereocenters. The third kappa shape index (κ3) is 4.36. The fourth-order valence-corrected chi connectivity index (χ4v) is 1.17. The maximum absolute atomic E-state index is 3.72. The van der Waals surface area contributed by atoms with Crippen LogP contribution in [0.5, 0.6) is 0 Å². The SMILES string of the molecule is Br.C=CN1C=CN(CCC(C)C)C1. The standard InChI is InChI=1S/C10H18N2.BrH/c1-4-11-7-8-12(9-11)6-5-10(2)3;/h4,7-8,10H,1,5-6,9H2,2-3H3;1H. The summed E-state index contributed by atoms with van der Waals surface area (Å²) >= 11 is 0. The Morgan fingerprint density at radius 3 is 2.62 bits per heavy atom. The molecule has 1 rings (SSSR count). The van der Waals surface area contributed by atoms with Gasteiger partial charge in [0.1, 0.15) is 0 Å². The average Bonchev–Trinajstić information content (AvgIpc) is 2.48. The zero-order valence-electron chi connectivity index (χ0n) is 8.44. The second kappa shape index (κ2) is 6.08. The monoisotopic (exact) mass is 246 g/mol. The highest BCUT2D eigenvalue weighted by Gasteiger charge is 2.08. The van der Waals surface area contributed by atoms with Gasteiger partial charge in [-0.05, 0) is 18.5 Å². The van der Waals surface area contributed by atoms with Crippen molar-refractivity contribution in [2.45, 2.75) is 20.3 Å². The van der Waals surface area contributed by atoms with Gasteiger partial charge in [0.05, 0.1) is 6.67 Å². The highest BCUT2D eigenvalue weighted by atomic mass is 79.9. The van der Waals surface area contributed by atoms with E-state index in [4.69, 9.17) is 0 Å². The van der Waals surface area contributed by atoms with Crippen molar-refractivity contribution >= 4 is 17.0 Å². The van der Waals surface area contributed by atoms with Crippen LogP contribution in [-0.2, 0) is 0 Å². The first-order chi connectivity index (χ1) is 5.72. The smallest absolute Gasteiger partial charge is 0.0935 e. The van der Waals surface area contributed by atoms with Crippen molar-refractivity contribution in [3.8, 4) is 0 Å². The van der Waals surface area contributed by atoms with Gasteiger partial charge in [-0.2, -0.15) is 0 Å². The van der Waals surface area contributed by atoms with Crippen molar-refractivity contribution in [2.75, 3.05) is 13.2 Å². The fourth-order valence-electron chi connectivity index (χ4n) is 1.17. The van der Waals surface area contributed by atoms with Crippen LogP contribution < -0.4 is 0 Å². The van der Waals surface area contributed by atoms with Gasteiger partial charge in [0.15, 0.2) is 0 Å². The van der Waals surface area contributed by atoms with E-state index in [0.717, 1.165) is 19.1 Å². The molecule has 1 aliphatic heterocycles. The Bertz CT molecular complexity index is 178. The molecule has 0 radical (unpaired) electrons. The van der Waals surface area contributed by atoms with Gasteiger partial charge in [0, 0.05) is 18.9 Å². The van der Waals surface area contributed by atoms with Crippen molar-refractivity contribution in [3.05, 3.63) is 25.2 Å². The molecule has 0 saturated heterocycles. The van der Waals surface area contributed by atoms with E-state index in [1.165, 1.54) is 6.42 Å². The van der Waals surface area contributed by atoms with Crippen LogP contribution in [0.4, 0.5) is 0 Å². The van der Waals surface area contributed by atoms with Gasteiger partial charge in [0.25, 0.3) is 0 Å². The Morgan fingerprint density at radius 1 is 1.46 bits per heavy atom. The lowest BCUT2D eigenvalue weighted by Gasteiger charge is -2.19. The van der Waals surface area contributed by atoms with Crippen LogP contribution in [0.25, 0.3) is 0 Å². The molecule has 0 amide bonds. The molecule has 1 heterocycles.